The van der Waals surface area contributed by atoms with Gasteiger partial charge < -0.3 is 9.64 Å². The summed E-state index contributed by atoms with van der Waals surface area (Å²) in [6.07, 6.45) is 2.42. The molecule has 132 valence electrons. The van der Waals surface area contributed by atoms with Gasteiger partial charge in [-0.1, -0.05) is 12.1 Å². The molecule has 2 aliphatic rings. The van der Waals surface area contributed by atoms with Crippen molar-refractivity contribution in [3.63, 3.8) is 0 Å². The number of rotatable bonds is 5. The summed E-state index contributed by atoms with van der Waals surface area (Å²) in [7, 11) is 1.68. The Balaban J connectivity index is 1.30. The number of benzene rings is 1. The van der Waals surface area contributed by atoms with E-state index in [9.17, 15) is 4.79 Å². The Labute approximate surface area is 147 Å². The highest BCUT2D eigenvalue weighted by molar-refractivity contribution is 5.92. The molecule has 1 saturated carbocycles. The van der Waals surface area contributed by atoms with E-state index in [0.717, 1.165) is 44.2 Å². The van der Waals surface area contributed by atoms with E-state index < -0.39 is 0 Å². The Bertz CT molecular complexity index is 728. The standard InChI is InChI=1S/C19H24N4O2/c1-25-16-6-2-14(3-7-16)13-22-8-10-23(11-9-22)19(24)18-12-17(20-21-18)15-4-5-15/h2-3,6-7,12,15H,4-5,8-11,13H2,1H3,(H,20,21). The Morgan fingerprint density at radius 2 is 1.92 bits per heavy atom. The maximum Gasteiger partial charge on any atom is 0.274 e. The van der Waals surface area contributed by atoms with Crippen LogP contribution in [-0.2, 0) is 6.54 Å². The summed E-state index contributed by atoms with van der Waals surface area (Å²) in [5.41, 5.74) is 2.94. The lowest BCUT2D eigenvalue weighted by molar-refractivity contribution is 0.0622. The van der Waals surface area contributed by atoms with Gasteiger partial charge in [0.25, 0.3) is 5.91 Å². The maximum atomic E-state index is 12.6. The predicted molar refractivity (Wildman–Crippen MR) is 94.7 cm³/mol. The SMILES string of the molecule is COc1ccc(CN2CCN(C(=O)c3cc(C4CC4)[nH]n3)CC2)cc1. The van der Waals surface area contributed by atoms with Crippen LogP contribution in [0.4, 0.5) is 0 Å². The van der Waals surface area contributed by atoms with Crippen LogP contribution in [0.5, 0.6) is 5.75 Å². The monoisotopic (exact) mass is 340 g/mol. The molecular weight excluding hydrogens is 316 g/mol. The van der Waals surface area contributed by atoms with Crippen molar-refractivity contribution in [2.24, 2.45) is 0 Å². The molecule has 0 spiro atoms. The third kappa shape index (κ3) is 3.69. The van der Waals surface area contributed by atoms with Crippen molar-refractivity contribution in [1.29, 1.82) is 0 Å². The average molecular weight is 340 g/mol. The second kappa shape index (κ2) is 6.88. The Morgan fingerprint density at radius 1 is 1.20 bits per heavy atom. The molecule has 2 heterocycles. The fraction of sp³-hybridized carbons (Fsp3) is 0.474. The zero-order chi connectivity index (χ0) is 17.2. The molecule has 0 unspecified atom stereocenters. The molecular formula is C19H24N4O2. The number of aromatic amines is 1. The van der Waals surface area contributed by atoms with Gasteiger partial charge in [-0.3, -0.25) is 14.8 Å². The minimum absolute atomic E-state index is 0.0484. The van der Waals surface area contributed by atoms with Crippen molar-refractivity contribution in [1.82, 2.24) is 20.0 Å². The first kappa shape index (κ1) is 16.1. The van der Waals surface area contributed by atoms with Crippen LogP contribution in [0, 0.1) is 0 Å². The number of carbonyl (C=O) groups excluding carboxylic acids is 1. The van der Waals surface area contributed by atoms with E-state index in [1.807, 2.05) is 23.1 Å². The molecule has 4 rings (SSSR count). The lowest BCUT2D eigenvalue weighted by Gasteiger charge is -2.34. The number of H-pyrrole nitrogens is 1. The number of aromatic nitrogens is 2. The van der Waals surface area contributed by atoms with Crippen LogP contribution >= 0.6 is 0 Å². The Kier molecular flexibility index (Phi) is 4.44. The Morgan fingerprint density at radius 3 is 2.56 bits per heavy atom. The number of hydrogen-bond acceptors (Lipinski definition) is 4. The van der Waals surface area contributed by atoms with Crippen molar-refractivity contribution in [2.75, 3.05) is 33.3 Å². The summed E-state index contributed by atoms with van der Waals surface area (Å²) in [6, 6.07) is 10.1. The number of ether oxygens (including phenoxy) is 1. The molecule has 0 radical (unpaired) electrons. The van der Waals surface area contributed by atoms with E-state index in [2.05, 4.69) is 27.2 Å². The number of piperazine rings is 1. The third-order valence-electron chi connectivity index (χ3n) is 5.06. The zero-order valence-corrected chi connectivity index (χ0v) is 14.6. The summed E-state index contributed by atoms with van der Waals surface area (Å²) < 4.78 is 5.20. The molecule has 1 amide bonds. The molecule has 2 aromatic rings. The van der Waals surface area contributed by atoms with Gasteiger partial charge in [0, 0.05) is 44.3 Å². The van der Waals surface area contributed by atoms with Crippen LogP contribution < -0.4 is 4.74 Å². The highest BCUT2D eigenvalue weighted by Gasteiger charge is 2.28. The highest BCUT2D eigenvalue weighted by atomic mass is 16.5. The van der Waals surface area contributed by atoms with Gasteiger partial charge in [0.2, 0.25) is 0 Å². The van der Waals surface area contributed by atoms with Crippen LogP contribution in [0.1, 0.15) is 40.5 Å². The van der Waals surface area contributed by atoms with E-state index in [-0.39, 0.29) is 5.91 Å². The topological polar surface area (TPSA) is 61.5 Å². The molecule has 6 nitrogen and oxygen atoms in total. The van der Waals surface area contributed by atoms with E-state index in [0.29, 0.717) is 11.6 Å². The second-order valence-electron chi connectivity index (χ2n) is 6.90. The van der Waals surface area contributed by atoms with Crippen LogP contribution in [0.15, 0.2) is 30.3 Å². The lowest BCUT2D eigenvalue weighted by Crippen LogP contribution is -2.48. The number of amides is 1. The molecule has 1 aliphatic heterocycles. The van der Waals surface area contributed by atoms with Crippen LogP contribution in [0.2, 0.25) is 0 Å². The Hall–Kier alpha value is -2.34. The van der Waals surface area contributed by atoms with Crippen LogP contribution in [0.3, 0.4) is 0 Å². The summed E-state index contributed by atoms with van der Waals surface area (Å²) >= 11 is 0. The number of nitrogens with one attached hydrogen (secondary N) is 1. The lowest BCUT2D eigenvalue weighted by atomic mass is 10.2. The van der Waals surface area contributed by atoms with Gasteiger partial charge in [-0.15, -0.1) is 0 Å². The first-order valence-corrected chi connectivity index (χ1v) is 8.93. The van der Waals surface area contributed by atoms with E-state index in [1.54, 1.807) is 7.11 Å². The van der Waals surface area contributed by atoms with Crippen LogP contribution in [0.25, 0.3) is 0 Å². The third-order valence-corrected chi connectivity index (χ3v) is 5.06. The van der Waals surface area contributed by atoms with E-state index in [4.69, 9.17) is 4.74 Å². The molecule has 25 heavy (non-hydrogen) atoms. The first-order chi connectivity index (χ1) is 12.2. The normalized spacial score (nSPS) is 18.4. The smallest absolute Gasteiger partial charge is 0.274 e. The van der Waals surface area contributed by atoms with Gasteiger partial charge in [-0.25, -0.2) is 0 Å². The summed E-state index contributed by atoms with van der Waals surface area (Å²) in [6.45, 7) is 4.18. The van der Waals surface area contributed by atoms with Gasteiger partial charge >= 0.3 is 0 Å². The number of carbonyl (C=O) groups is 1. The molecule has 0 bridgehead atoms. The van der Waals surface area contributed by atoms with Gasteiger partial charge in [-0.2, -0.15) is 5.10 Å². The number of methoxy groups -OCH3 is 1. The van der Waals surface area contributed by atoms with Gasteiger partial charge in [-0.05, 0) is 36.6 Å². The van der Waals surface area contributed by atoms with Gasteiger partial charge in [0.05, 0.1) is 7.11 Å². The molecule has 1 N–H and O–H groups in total. The highest BCUT2D eigenvalue weighted by Crippen LogP contribution is 2.39. The number of nitrogens with zero attached hydrogens (tertiary/aromatic N) is 3. The molecule has 1 aromatic heterocycles. The second-order valence-corrected chi connectivity index (χ2v) is 6.90. The van der Waals surface area contributed by atoms with Gasteiger partial charge in [0.15, 0.2) is 0 Å². The minimum Gasteiger partial charge on any atom is -0.497 e. The van der Waals surface area contributed by atoms with E-state index >= 15 is 0 Å². The number of hydrogen-bond donors (Lipinski definition) is 1. The molecule has 1 aromatic carbocycles. The maximum absolute atomic E-state index is 12.6. The van der Waals surface area contributed by atoms with Crippen molar-refractivity contribution in [2.45, 2.75) is 25.3 Å². The molecule has 6 heteroatoms. The fourth-order valence-electron chi connectivity index (χ4n) is 3.31. The van der Waals surface area contributed by atoms with Crippen LogP contribution in [-0.4, -0.2) is 59.2 Å². The molecule has 1 saturated heterocycles. The molecule has 2 fully saturated rings. The molecule has 1 aliphatic carbocycles. The predicted octanol–water partition coefficient (Wildman–Crippen LogP) is 2.25. The van der Waals surface area contributed by atoms with E-state index in [1.165, 1.54) is 18.4 Å². The first-order valence-electron chi connectivity index (χ1n) is 8.93. The fourth-order valence-corrected chi connectivity index (χ4v) is 3.31. The minimum atomic E-state index is 0.0484. The molecule has 0 atom stereocenters. The average Bonchev–Trinajstić information content (AvgIpc) is 3.39. The quantitative estimate of drug-likeness (QED) is 0.907. The van der Waals surface area contributed by atoms with Crippen molar-refractivity contribution < 1.29 is 9.53 Å². The van der Waals surface area contributed by atoms with Crippen molar-refractivity contribution in [3.05, 3.63) is 47.3 Å². The zero-order valence-electron chi connectivity index (χ0n) is 14.6. The van der Waals surface area contributed by atoms with Gasteiger partial charge in [0.1, 0.15) is 11.4 Å². The largest absolute Gasteiger partial charge is 0.497 e. The summed E-state index contributed by atoms with van der Waals surface area (Å²) in [4.78, 5) is 16.9. The summed E-state index contributed by atoms with van der Waals surface area (Å²) in [5.74, 6) is 1.52. The summed E-state index contributed by atoms with van der Waals surface area (Å²) in [5, 5.41) is 7.23. The van der Waals surface area contributed by atoms with Crippen molar-refractivity contribution >= 4 is 5.91 Å². The van der Waals surface area contributed by atoms with Crippen molar-refractivity contribution in [3.8, 4) is 5.75 Å².